The molecular weight excluding hydrogens is 418 g/mol. The van der Waals surface area contributed by atoms with E-state index in [2.05, 4.69) is 15.0 Å². The lowest BCUT2D eigenvalue weighted by Gasteiger charge is -2.38. The second-order valence-corrected chi connectivity index (χ2v) is 8.49. The first-order valence-electron chi connectivity index (χ1n) is 10.7. The summed E-state index contributed by atoms with van der Waals surface area (Å²) in [4.78, 5) is 28.9. The first kappa shape index (κ1) is 20.5. The number of halogens is 2. The molecule has 10 heteroatoms. The lowest BCUT2D eigenvalue weighted by molar-refractivity contribution is -0.146. The van der Waals surface area contributed by atoms with Crippen molar-refractivity contribution in [2.24, 2.45) is 0 Å². The largest absolute Gasteiger partial charge is 0.490 e. The van der Waals surface area contributed by atoms with Crippen molar-refractivity contribution >= 4 is 11.9 Å². The van der Waals surface area contributed by atoms with Crippen LogP contribution in [0.4, 0.5) is 14.7 Å². The van der Waals surface area contributed by atoms with Gasteiger partial charge in [0.25, 0.3) is 5.91 Å². The highest BCUT2D eigenvalue weighted by atomic mass is 19.1. The van der Waals surface area contributed by atoms with E-state index in [1.807, 2.05) is 6.07 Å². The molecule has 1 saturated heterocycles. The highest BCUT2D eigenvalue weighted by molar-refractivity contribution is 5.85. The van der Waals surface area contributed by atoms with Gasteiger partial charge in [0.2, 0.25) is 5.95 Å². The Morgan fingerprint density at radius 2 is 2.00 bits per heavy atom. The van der Waals surface area contributed by atoms with Gasteiger partial charge in [-0.25, -0.2) is 18.7 Å². The van der Waals surface area contributed by atoms with Crippen LogP contribution in [0.5, 0.6) is 5.75 Å². The number of fused-ring (bicyclic) bond motifs is 1. The summed E-state index contributed by atoms with van der Waals surface area (Å²) in [7, 11) is 0. The quantitative estimate of drug-likeness (QED) is 0.724. The van der Waals surface area contributed by atoms with Crippen molar-refractivity contribution in [3.8, 4) is 11.8 Å². The normalized spacial score (nSPS) is 20.0. The topological polar surface area (TPSA) is 95.2 Å². The Kier molecular flexibility index (Phi) is 5.12. The summed E-state index contributed by atoms with van der Waals surface area (Å²) in [6.07, 6.45) is 5.95. The van der Waals surface area contributed by atoms with Crippen LogP contribution in [-0.2, 0) is 11.3 Å². The van der Waals surface area contributed by atoms with Crippen LogP contribution >= 0.6 is 0 Å². The van der Waals surface area contributed by atoms with Crippen LogP contribution in [0.3, 0.4) is 0 Å². The van der Waals surface area contributed by atoms with Crippen molar-refractivity contribution < 1.29 is 18.3 Å². The van der Waals surface area contributed by atoms with Crippen LogP contribution in [0.15, 0.2) is 18.6 Å². The van der Waals surface area contributed by atoms with E-state index in [-0.39, 0.29) is 51.5 Å². The number of amides is 1. The number of alkyl halides is 1. The Bertz CT molecular complexity index is 1090. The lowest BCUT2D eigenvalue weighted by Crippen LogP contribution is -2.53. The minimum absolute atomic E-state index is 0.00791. The van der Waals surface area contributed by atoms with E-state index >= 15 is 4.39 Å². The molecule has 2 aromatic heterocycles. The van der Waals surface area contributed by atoms with Crippen molar-refractivity contribution in [1.82, 2.24) is 19.9 Å². The van der Waals surface area contributed by atoms with Gasteiger partial charge >= 0.3 is 0 Å². The molecule has 2 fully saturated rings. The first-order chi connectivity index (χ1) is 15.5. The number of rotatable bonds is 3. The molecule has 0 spiro atoms. The zero-order valence-electron chi connectivity index (χ0n) is 17.4. The molecule has 0 bridgehead atoms. The minimum atomic E-state index is -2.01. The van der Waals surface area contributed by atoms with E-state index in [1.54, 1.807) is 11.1 Å². The number of hydrogen-bond acceptors (Lipinski definition) is 7. The molecule has 0 aromatic carbocycles. The van der Waals surface area contributed by atoms with Crippen LogP contribution in [0.1, 0.15) is 48.4 Å². The molecule has 3 aliphatic rings. The van der Waals surface area contributed by atoms with E-state index in [0.717, 1.165) is 12.8 Å². The summed E-state index contributed by atoms with van der Waals surface area (Å²) in [5.74, 6) is -0.0568. The molecule has 2 aromatic rings. The fourth-order valence-electron chi connectivity index (χ4n) is 4.30. The van der Waals surface area contributed by atoms with Gasteiger partial charge in [0.05, 0.1) is 25.0 Å². The van der Waals surface area contributed by atoms with Crippen LogP contribution in [-0.4, -0.2) is 57.7 Å². The van der Waals surface area contributed by atoms with Gasteiger partial charge in [-0.2, -0.15) is 5.26 Å². The molecule has 32 heavy (non-hydrogen) atoms. The van der Waals surface area contributed by atoms with Gasteiger partial charge in [0.1, 0.15) is 24.0 Å². The fourth-order valence-corrected chi connectivity index (χ4v) is 4.30. The van der Waals surface area contributed by atoms with Gasteiger partial charge in [0.15, 0.2) is 11.5 Å². The average molecular weight is 440 g/mol. The summed E-state index contributed by atoms with van der Waals surface area (Å²) in [5, 5.41) is 9.24. The third-order valence-electron chi connectivity index (χ3n) is 6.29. The summed E-state index contributed by atoms with van der Waals surface area (Å²) < 4.78 is 35.4. The van der Waals surface area contributed by atoms with E-state index < -0.39 is 17.4 Å². The fraction of sp³-hybridized carbons (Fsp3) is 0.500. The third-order valence-corrected chi connectivity index (χ3v) is 6.29. The molecule has 2 aliphatic heterocycles. The van der Waals surface area contributed by atoms with Crippen LogP contribution in [0.2, 0.25) is 0 Å². The second-order valence-electron chi connectivity index (χ2n) is 8.49. The van der Waals surface area contributed by atoms with Gasteiger partial charge in [-0.15, -0.1) is 0 Å². The Balaban J connectivity index is 1.28. The predicted octanol–water partition coefficient (Wildman–Crippen LogP) is 2.49. The zero-order valence-corrected chi connectivity index (χ0v) is 17.4. The summed E-state index contributed by atoms with van der Waals surface area (Å²) in [5.41, 5.74) is -0.703. The second kappa shape index (κ2) is 7.97. The highest BCUT2D eigenvalue weighted by Crippen LogP contribution is 2.41. The maximum atomic E-state index is 15.7. The van der Waals surface area contributed by atoms with Crippen molar-refractivity contribution in [3.63, 3.8) is 0 Å². The SMILES string of the molecule is N#Cc1cncc2c1OCCN(C(=O)C1(F)CCN(c3ncc(F)c(C4CC4)n3)CC1)C2. The maximum absolute atomic E-state index is 15.7. The Morgan fingerprint density at radius 3 is 2.72 bits per heavy atom. The summed E-state index contributed by atoms with van der Waals surface area (Å²) in [6.45, 7) is 1.06. The zero-order chi connectivity index (χ0) is 22.3. The molecule has 5 rings (SSSR count). The van der Waals surface area contributed by atoms with E-state index in [4.69, 9.17) is 4.74 Å². The van der Waals surface area contributed by atoms with E-state index in [0.29, 0.717) is 28.5 Å². The number of nitrogens with zero attached hydrogens (tertiary/aromatic N) is 6. The molecule has 0 unspecified atom stereocenters. The first-order valence-corrected chi connectivity index (χ1v) is 10.7. The van der Waals surface area contributed by atoms with Crippen LogP contribution in [0, 0.1) is 17.1 Å². The predicted molar refractivity (Wildman–Crippen MR) is 109 cm³/mol. The molecule has 0 atom stereocenters. The number of hydrogen-bond donors (Lipinski definition) is 0. The Labute approximate surface area is 183 Å². The number of carbonyl (C=O) groups excluding carboxylic acids is 1. The van der Waals surface area contributed by atoms with E-state index in [1.165, 1.54) is 17.3 Å². The number of nitriles is 1. The molecule has 8 nitrogen and oxygen atoms in total. The standard InChI is InChI=1S/C22H22F2N6O2/c23-17-12-27-21(28-18(17)14-1-2-14)29-5-3-22(24,4-6-29)20(31)30-7-8-32-19-15(9-25)10-26-11-16(19)13-30/h10-12,14H,1-8,13H2. The van der Waals surface area contributed by atoms with Crippen molar-refractivity contribution in [2.75, 3.05) is 31.1 Å². The van der Waals surface area contributed by atoms with Gasteiger partial charge in [-0.1, -0.05) is 0 Å². The van der Waals surface area contributed by atoms with Gasteiger partial charge in [-0.3, -0.25) is 9.78 Å². The minimum Gasteiger partial charge on any atom is -0.490 e. The monoisotopic (exact) mass is 440 g/mol. The van der Waals surface area contributed by atoms with Crippen molar-refractivity contribution in [1.29, 1.82) is 5.26 Å². The lowest BCUT2D eigenvalue weighted by atomic mass is 9.91. The molecule has 1 amide bonds. The van der Waals surface area contributed by atoms with Gasteiger partial charge in [0, 0.05) is 49.8 Å². The van der Waals surface area contributed by atoms with E-state index in [9.17, 15) is 14.4 Å². The number of ether oxygens (including phenoxy) is 1. The number of piperidine rings is 1. The molecule has 4 heterocycles. The molecule has 0 radical (unpaired) electrons. The van der Waals surface area contributed by atoms with Crippen LogP contribution in [0.25, 0.3) is 0 Å². The smallest absolute Gasteiger partial charge is 0.260 e. The molecular formula is C22H22F2N6O2. The third kappa shape index (κ3) is 3.72. The number of carbonyl (C=O) groups is 1. The number of anilines is 1. The summed E-state index contributed by atoms with van der Waals surface area (Å²) >= 11 is 0. The van der Waals surface area contributed by atoms with Crippen LogP contribution < -0.4 is 9.64 Å². The van der Waals surface area contributed by atoms with Crippen molar-refractivity contribution in [3.05, 3.63) is 41.2 Å². The highest BCUT2D eigenvalue weighted by Gasteiger charge is 2.45. The van der Waals surface area contributed by atoms with Gasteiger partial charge in [-0.05, 0) is 12.8 Å². The average Bonchev–Trinajstić information content (AvgIpc) is 3.66. The molecule has 166 valence electrons. The van der Waals surface area contributed by atoms with Gasteiger partial charge < -0.3 is 14.5 Å². The molecule has 1 saturated carbocycles. The van der Waals surface area contributed by atoms with Crippen molar-refractivity contribution in [2.45, 2.75) is 43.8 Å². The molecule has 0 N–H and O–H groups in total. The maximum Gasteiger partial charge on any atom is 0.260 e. The number of aromatic nitrogens is 3. The summed E-state index contributed by atoms with van der Waals surface area (Å²) in [6, 6.07) is 2.03. The number of pyridine rings is 1. The Morgan fingerprint density at radius 1 is 1.22 bits per heavy atom. The Hall–Kier alpha value is -3.35. The molecule has 1 aliphatic carbocycles.